The van der Waals surface area contributed by atoms with Crippen molar-refractivity contribution in [1.82, 2.24) is 14.9 Å². The van der Waals surface area contributed by atoms with Gasteiger partial charge in [-0.2, -0.15) is 4.98 Å². The molecular formula is C27H38N6O5. The average Bonchev–Trinajstić information content (AvgIpc) is 3.41. The largest absolute Gasteiger partial charge is 0.480 e. The van der Waals surface area contributed by atoms with Crippen molar-refractivity contribution >= 4 is 35.4 Å². The van der Waals surface area contributed by atoms with Gasteiger partial charge in [0, 0.05) is 45.6 Å². The molecule has 11 heteroatoms. The van der Waals surface area contributed by atoms with Crippen LogP contribution < -0.4 is 19.9 Å². The predicted molar refractivity (Wildman–Crippen MR) is 146 cm³/mol. The number of rotatable bonds is 11. The normalized spacial score (nSPS) is 13.8. The highest BCUT2D eigenvalue weighted by Crippen LogP contribution is 2.29. The summed E-state index contributed by atoms with van der Waals surface area (Å²) in [6.07, 6.45) is 3.28. The fraction of sp³-hybridized carbons (Fsp3) is 0.519. The van der Waals surface area contributed by atoms with Gasteiger partial charge < -0.3 is 29.9 Å². The van der Waals surface area contributed by atoms with Crippen LogP contribution in [0.15, 0.2) is 30.5 Å². The second kappa shape index (κ2) is 13.1. The highest BCUT2D eigenvalue weighted by molar-refractivity contribution is 5.95. The highest BCUT2D eigenvalue weighted by atomic mass is 16.6. The lowest BCUT2D eigenvalue weighted by Crippen LogP contribution is -2.38. The first kappa shape index (κ1) is 28.7. The molecule has 0 spiro atoms. The monoisotopic (exact) mass is 526 g/mol. The van der Waals surface area contributed by atoms with Crippen LogP contribution in [0.4, 0.5) is 22.2 Å². The van der Waals surface area contributed by atoms with E-state index in [1.165, 1.54) is 11.8 Å². The molecule has 11 nitrogen and oxygen atoms in total. The molecule has 1 atom stereocenters. The number of carbonyl (C=O) groups excluding carboxylic acids is 2. The van der Waals surface area contributed by atoms with Crippen molar-refractivity contribution in [2.75, 3.05) is 41.3 Å². The Morgan fingerprint density at radius 3 is 2.26 bits per heavy atom. The number of anilines is 3. The van der Waals surface area contributed by atoms with Crippen LogP contribution in [0.3, 0.4) is 0 Å². The highest BCUT2D eigenvalue weighted by Gasteiger charge is 2.26. The number of hydrogen-bond donors (Lipinski definition) is 2. The molecule has 2 N–H and O–H groups in total. The first-order chi connectivity index (χ1) is 18.1. The van der Waals surface area contributed by atoms with E-state index >= 15 is 0 Å². The van der Waals surface area contributed by atoms with E-state index in [2.05, 4.69) is 15.3 Å². The number of amides is 2. The van der Waals surface area contributed by atoms with Crippen molar-refractivity contribution in [3.8, 4) is 5.75 Å². The quantitative estimate of drug-likeness (QED) is 0.449. The van der Waals surface area contributed by atoms with Crippen LogP contribution in [-0.4, -0.2) is 76.2 Å². The third-order valence-corrected chi connectivity index (χ3v) is 6.46. The summed E-state index contributed by atoms with van der Waals surface area (Å²) in [6, 6.07) is 5.58. The second-order valence-electron chi connectivity index (χ2n) is 9.50. The van der Waals surface area contributed by atoms with Gasteiger partial charge in [0.1, 0.15) is 17.5 Å². The van der Waals surface area contributed by atoms with E-state index in [1.807, 2.05) is 32.6 Å². The molecule has 3 rings (SSSR count). The van der Waals surface area contributed by atoms with Gasteiger partial charge in [0.2, 0.25) is 11.9 Å². The van der Waals surface area contributed by atoms with Crippen molar-refractivity contribution < 1.29 is 24.2 Å². The topological polar surface area (TPSA) is 128 Å². The maximum Gasteiger partial charge on any atom is 0.415 e. The minimum absolute atomic E-state index is 0.140. The molecule has 1 aliphatic rings. The molecule has 0 bridgehead atoms. The molecule has 38 heavy (non-hydrogen) atoms. The third kappa shape index (κ3) is 7.11. The Balaban J connectivity index is 1.84. The first-order valence-corrected chi connectivity index (χ1v) is 13.1. The van der Waals surface area contributed by atoms with Gasteiger partial charge in [-0.25, -0.2) is 14.6 Å². The number of aliphatic carboxylic acids is 1. The first-order valence-electron chi connectivity index (χ1n) is 13.1. The van der Waals surface area contributed by atoms with Crippen molar-refractivity contribution in [3.05, 3.63) is 36.0 Å². The van der Waals surface area contributed by atoms with Gasteiger partial charge in [0.15, 0.2) is 5.82 Å². The second-order valence-corrected chi connectivity index (χ2v) is 9.50. The maximum absolute atomic E-state index is 12.4. The van der Waals surface area contributed by atoms with Crippen molar-refractivity contribution in [3.63, 3.8) is 0 Å². The Hall–Kier alpha value is -3.89. The van der Waals surface area contributed by atoms with Gasteiger partial charge in [0.25, 0.3) is 0 Å². The lowest BCUT2D eigenvalue weighted by molar-refractivity contribution is -0.137. The number of likely N-dealkylation sites (tertiary alicyclic amines) is 1. The lowest BCUT2D eigenvalue weighted by atomic mass is 10.1. The standard InChI is InChI=1S/C27H38N6O5/c1-6-31(7-2)26-28-17-23(33(18(3)4)19(5)34)24(30-26)29-22(25(35)36)16-20-10-12-21(13-11-20)38-27(37)32-14-8-9-15-32/h10-13,17-18,22H,6-9,14-16H2,1-5H3,(H,35,36)(H,28,29,30)/t22-/m1/s1. The van der Waals surface area contributed by atoms with Crippen LogP contribution in [0.25, 0.3) is 0 Å². The summed E-state index contributed by atoms with van der Waals surface area (Å²) >= 11 is 0. The van der Waals surface area contributed by atoms with E-state index in [0.29, 0.717) is 43.6 Å². The summed E-state index contributed by atoms with van der Waals surface area (Å²) in [5.41, 5.74) is 1.15. The summed E-state index contributed by atoms with van der Waals surface area (Å²) in [4.78, 5) is 51.2. The molecule has 0 radical (unpaired) electrons. The number of carboxylic acids is 1. The van der Waals surface area contributed by atoms with Crippen LogP contribution in [0.2, 0.25) is 0 Å². The molecule has 1 aromatic carbocycles. The van der Waals surface area contributed by atoms with Crippen LogP contribution in [-0.2, 0) is 16.0 Å². The SMILES string of the molecule is CCN(CC)c1ncc(N(C(C)=O)C(C)C)c(N[C@H](Cc2ccc(OC(=O)N3CCCC3)cc2)C(=O)O)n1. The Morgan fingerprint density at radius 2 is 1.74 bits per heavy atom. The van der Waals surface area contributed by atoms with Gasteiger partial charge in [-0.3, -0.25) is 4.79 Å². The summed E-state index contributed by atoms with van der Waals surface area (Å²) in [7, 11) is 0. The molecule has 1 aromatic heterocycles. The van der Waals surface area contributed by atoms with Crippen molar-refractivity contribution in [2.24, 2.45) is 0 Å². The fourth-order valence-corrected chi connectivity index (χ4v) is 4.48. The summed E-state index contributed by atoms with van der Waals surface area (Å²) in [5.74, 6) is -0.145. The molecule has 0 aliphatic carbocycles. The molecule has 1 fully saturated rings. The average molecular weight is 527 g/mol. The number of carbonyl (C=O) groups is 3. The number of ether oxygens (including phenoxy) is 1. The molecule has 2 amide bonds. The molecule has 0 unspecified atom stereocenters. The lowest BCUT2D eigenvalue weighted by Gasteiger charge is -2.29. The van der Waals surface area contributed by atoms with E-state index in [9.17, 15) is 19.5 Å². The Morgan fingerprint density at radius 1 is 1.11 bits per heavy atom. The number of aromatic nitrogens is 2. The van der Waals surface area contributed by atoms with Crippen molar-refractivity contribution in [1.29, 1.82) is 0 Å². The van der Waals surface area contributed by atoms with E-state index < -0.39 is 12.0 Å². The number of hydrogen-bond acceptors (Lipinski definition) is 8. The molecule has 2 heterocycles. The Bertz CT molecular complexity index is 1110. The van der Waals surface area contributed by atoms with Gasteiger partial charge in [-0.15, -0.1) is 0 Å². The minimum atomic E-state index is -1.07. The number of nitrogens with one attached hydrogen (secondary N) is 1. The van der Waals surface area contributed by atoms with Gasteiger partial charge in [0.05, 0.1) is 6.20 Å². The molecular weight excluding hydrogens is 488 g/mol. The van der Waals surface area contributed by atoms with Gasteiger partial charge >= 0.3 is 12.1 Å². The summed E-state index contributed by atoms with van der Waals surface area (Å²) in [6.45, 7) is 11.9. The van der Waals surface area contributed by atoms with E-state index in [4.69, 9.17) is 4.74 Å². The van der Waals surface area contributed by atoms with Crippen LogP contribution in [0, 0.1) is 0 Å². The van der Waals surface area contributed by atoms with Crippen molar-refractivity contribution in [2.45, 2.75) is 66.0 Å². The van der Waals surface area contributed by atoms with Crippen LogP contribution in [0.5, 0.6) is 5.75 Å². The van der Waals surface area contributed by atoms with Gasteiger partial charge in [-0.05, 0) is 58.2 Å². The number of nitrogens with zero attached hydrogens (tertiary/aromatic N) is 5. The number of carboxylic acid groups (broad SMARTS) is 1. The number of benzene rings is 1. The predicted octanol–water partition coefficient (Wildman–Crippen LogP) is 3.79. The zero-order valence-electron chi connectivity index (χ0n) is 22.8. The zero-order valence-corrected chi connectivity index (χ0v) is 22.8. The van der Waals surface area contributed by atoms with E-state index in [1.54, 1.807) is 35.4 Å². The molecule has 1 aliphatic heterocycles. The molecule has 206 valence electrons. The van der Waals surface area contributed by atoms with Crippen LogP contribution in [0.1, 0.15) is 53.0 Å². The van der Waals surface area contributed by atoms with E-state index in [0.717, 1.165) is 18.4 Å². The minimum Gasteiger partial charge on any atom is -0.480 e. The third-order valence-electron chi connectivity index (χ3n) is 6.46. The summed E-state index contributed by atoms with van der Waals surface area (Å²) in [5, 5.41) is 13.1. The van der Waals surface area contributed by atoms with Crippen LogP contribution >= 0.6 is 0 Å². The van der Waals surface area contributed by atoms with Gasteiger partial charge in [-0.1, -0.05) is 12.1 Å². The molecule has 0 saturated carbocycles. The smallest absolute Gasteiger partial charge is 0.415 e. The maximum atomic E-state index is 12.4. The molecule has 2 aromatic rings. The fourth-order valence-electron chi connectivity index (χ4n) is 4.48. The zero-order chi connectivity index (χ0) is 27.8. The summed E-state index contributed by atoms with van der Waals surface area (Å²) < 4.78 is 5.44. The Labute approximate surface area is 223 Å². The Kier molecular flexibility index (Phi) is 9.86. The van der Waals surface area contributed by atoms with E-state index in [-0.39, 0.29) is 30.3 Å². The molecule has 1 saturated heterocycles.